The molecule has 25 heavy (non-hydrogen) atoms. The Morgan fingerprint density at radius 2 is 1.68 bits per heavy atom. The first kappa shape index (κ1) is 18.3. The molecule has 2 heteroatoms. The van der Waals surface area contributed by atoms with Gasteiger partial charge in [-0.05, 0) is 98.2 Å². The van der Waals surface area contributed by atoms with Crippen molar-refractivity contribution in [1.82, 2.24) is 0 Å². The standard InChI is InChI=1S/C23H40O2/c1-5-10-23(25)12-9-19-18-7-6-16-14-17(24)13-15(2)22(16,4)20(18)8-11-21(19,23)3/h15-20,24-25H,5-14H2,1-4H3/t15?,16?,17?,18-,19-,20+,21-,22-,23?/m0/s1. The van der Waals surface area contributed by atoms with Crippen molar-refractivity contribution < 1.29 is 10.2 Å². The Morgan fingerprint density at radius 1 is 0.960 bits per heavy atom. The molecule has 4 aliphatic rings. The minimum absolute atomic E-state index is 0.0698. The van der Waals surface area contributed by atoms with E-state index in [-0.39, 0.29) is 11.5 Å². The quantitative estimate of drug-likeness (QED) is 0.723. The number of aliphatic hydroxyl groups is 2. The molecule has 2 N–H and O–H groups in total. The Bertz CT molecular complexity index is 518. The van der Waals surface area contributed by atoms with Crippen LogP contribution < -0.4 is 0 Å². The largest absolute Gasteiger partial charge is 0.393 e. The molecule has 4 saturated carbocycles. The molecule has 4 unspecified atom stereocenters. The third-order valence-corrected chi connectivity index (χ3v) is 10.2. The van der Waals surface area contributed by atoms with Crippen LogP contribution in [0.1, 0.15) is 91.9 Å². The fourth-order valence-electron chi connectivity index (χ4n) is 8.63. The summed E-state index contributed by atoms with van der Waals surface area (Å²) in [5, 5.41) is 21.8. The van der Waals surface area contributed by atoms with Crippen LogP contribution >= 0.6 is 0 Å². The Labute approximate surface area is 154 Å². The maximum absolute atomic E-state index is 11.5. The molecule has 0 spiro atoms. The molecule has 0 heterocycles. The number of hydrogen-bond donors (Lipinski definition) is 2. The minimum Gasteiger partial charge on any atom is -0.393 e. The van der Waals surface area contributed by atoms with Crippen molar-refractivity contribution in [2.45, 2.75) is 104 Å². The molecular formula is C23H40O2. The molecule has 4 rings (SSSR count). The summed E-state index contributed by atoms with van der Waals surface area (Å²) in [6, 6.07) is 0. The fraction of sp³-hybridized carbons (Fsp3) is 1.00. The average molecular weight is 349 g/mol. The summed E-state index contributed by atoms with van der Waals surface area (Å²) in [5.74, 6) is 3.70. The predicted molar refractivity (Wildman–Crippen MR) is 102 cm³/mol. The van der Waals surface area contributed by atoms with Crippen molar-refractivity contribution in [3.05, 3.63) is 0 Å². The minimum atomic E-state index is -0.413. The van der Waals surface area contributed by atoms with Gasteiger partial charge < -0.3 is 10.2 Å². The summed E-state index contributed by atoms with van der Waals surface area (Å²) in [6.45, 7) is 9.63. The van der Waals surface area contributed by atoms with E-state index in [1.165, 1.54) is 32.1 Å². The van der Waals surface area contributed by atoms with Gasteiger partial charge >= 0.3 is 0 Å². The molecule has 2 nitrogen and oxygen atoms in total. The summed E-state index contributed by atoms with van der Waals surface area (Å²) < 4.78 is 0. The Hall–Kier alpha value is -0.0800. The van der Waals surface area contributed by atoms with Gasteiger partial charge in [0.1, 0.15) is 0 Å². The lowest BCUT2D eigenvalue weighted by molar-refractivity contribution is -0.175. The van der Waals surface area contributed by atoms with Gasteiger partial charge in [-0.15, -0.1) is 0 Å². The fourth-order valence-corrected chi connectivity index (χ4v) is 8.63. The van der Waals surface area contributed by atoms with E-state index in [2.05, 4.69) is 27.7 Å². The molecule has 9 atom stereocenters. The van der Waals surface area contributed by atoms with E-state index in [0.29, 0.717) is 17.3 Å². The first-order valence-electron chi connectivity index (χ1n) is 11.2. The molecule has 0 bridgehead atoms. The van der Waals surface area contributed by atoms with E-state index >= 15 is 0 Å². The average Bonchev–Trinajstić information content (AvgIpc) is 2.81. The normalized spacial score (nSPS) is 58.3. The third kappa shape index (κ3) is 2.35. The lowest BCUT2D eigenvalue weighted by Crippen LogP contribution is -2.58. The van der Waals surface area contributed by atoms with E-state index < -0.39 is 5.60 Å². The first-order valence-corrected chi connectivity index (χ1v) is 11.2. The second-order valence-corrected chi connectivity index (χ2v) is 10.8. The second-order valence-electron chi connectivity index (χ2n) is 10.8. The molecule has 0 aromatic rings. The van der Waals surface area contributed by atoms with Crippen LogP contribution in [0.2, 0.25) is 0 Å². The second kappa shape index (κ2) is 5.96. The van der Waals surface area contributed by atoms with Crippen molar-refractivity contribution in [3.63, 3.8) is 0 Å². The molecular weight excluding hydrogens is 308 g/mol. The summed E-state index contributed by atoms with van der Waals surface area (Å²) in [7, 11) is 0. The van der Waals surface area contributed by atoms with Crippen LogP contribution in [0.25, 0.3) is 0 Å². The van der Waals surface area contributed by atoms with E-state index in [9.17, 15) is 10.2 Å². The maximum Gasteiger partial charge on any atom is 0.0703 e. The molecule has 0 amide bonds. The van der Waals surface area contributed by atoms with Crippen LogP contribution in [-0.2, 0) is 0 Å². The van der Waals surface area contributed by atoms with Crippen LogP contribution in [0.4, 0.5) is 0 Å². The monoisotopic (exact) mass is 348 g/mol. The third-order valence-electron chi connectivity index (χ3n) is 10.2. The lowest BCUT2D eigenvalue weighted by atomic mass is 9.42. The maximum atomic E-state index is 11.5. The van der Waals surface area contributed by atoms with Gasteiger partial charge in [0.25, 0.3) is 0 Å². The summed E-state index contributed by atoms with van der Waals surface area (Å²) in [6.07, 6.45) is 11.5. The predicted octanol–water partition coefficient (Wildman–Crippen LogP) is 5.17. The zero-order valence-electron chi connectivity index (χ0n) is 16.9. The summed E-state index contributed by atoms with van der Waals surface area (Å²) >= 11 is 0. The Morgan fingerprint density at radius 3 is 2.40 bits per heavy atom. The van der Waals surface area contributed by atoms with Crippen molar-refractivity contribution in [2.24, 2.45) is 40.4 Å². The molecule has 0 aromatic carbocycles. The van der Waals surface area contributed by atoms with Gasteiger partial charge in [-0.3, -0.25) is 0 Å². The molecule has 0 aliphatic heterocycles. The summed E-state index contributed by atoms with van der Waals surface area (Å²) in [5.41, 5.74) is 0.142. The smallest absolute Gasteiger partial charge is 0.0703 e. The van der Waals surface area contributed by atoms with Crippen molar-refractivity contribution in [3.8, 4) is 0 Å². The van der Waals surface area contributed by atoms with Crippen LogP contribution in [-0.4, -0.2) is 21.9 Å². The van der Waals surface area contributed by atoms with Crippen LogP contribution in [0, 0.1) is 40.4 Å². The first-order chi connectivity index (χ1) is 11.8. The number of aliphatic hydroxyl groups excluding tert-OH is 1. The van der Waals surface area contributed by atoms with Gasteiger partial charge in [0, 0.05) is 0 Å². The van der Waals surface area contributed by atoms with E-state index in [1.54, 1.807) is 0 Å². The van der Waals surface area contributed by atoms with Crippen molar-refractivity contribution in [2.75, 3.05) is 0 Å². The highest BCUT2D eigenvalue weighted by Gasteiger charge is 2.64. The van der Waals surface area contributed by atoms with Gasteiger partial charge in [-0.1, -0.05) is 34.1 Å². The Kier molecular flexibility index (Phi) is 4.36. The highest BCUT2D eigenvalue weighted by molar-refractivity contribution is 5.14. The van der Waals surface area contributed by atoms with Gasteiger partial charge in [-0.2, -0.15) is 0 Å². The van der Waals surface area contributed by atoms with E-state index in [0.717, 1.165) is 49.9 Å². The lowest BCUT2D eigenvalue weighted by Gasteiger charge is -2.63. The van der Waals surface area contributed by atoms with Gasteiger partial charge in [0.15, 0.2) is 0 Å². The zero-order chi connectivity index (χ0) is 18.0. The van der Waals surface area contributed by atoms with Crippen LogP contribution in [0.15, 0.2) is 0 Å². The SMILES string of the molecule is CCCC1(O)CC[C@H]2[C@@H]3CCC4CC(O)CC(C)[C@]4(C)[C@@H]3CC[C@@]21C. The Balaban J connectivity index is 1.64. The molecule has 144 valence electrons. The molecule has 0 saturated heterocycles. The zero-order valence-corrected chi connectivity index (χ0v) is 16.9. The topological polar surface area (TPSA) is 40.5 Å². The van der Waals surface area contributed by atoms with E-state index in [1.807, 2.05) is 0 Å². The summed E-state index contributed by atoms with van der Waals surface area (Å²) in [4.78, 5) is 0. The van der Waals surface area contributed by atoms with Crippen molar-refractivity contribution >= 4 is 0 Å². The van der Waals surface area contributed by atoms with Gasteiger partial charge in [0.2, 0.25) is 0 Å². The number of hydrogen-bond acceptors (Lipinski definition) is 2. The van der Waals surface area contributed by atoms with E-state index in [4.69, 9.17) is 0 Å². The van der Waals surface area contributed by atoms with Gasteiger partial charge in [0.05, 0.1) is 11.7 Å². The molecule has 0 radical (unpaired) electrons. The van der Waals surface area contributed by atoms with Crippen molar-refractivity contribution in [1.29, 1.82) is 0 Å². The van der Waals surface area contributed by atoms with Gasteiger partial charge in [-0.25, -0.2) is 0 Å². The molecule has 4 aliphatic carbocycles. The molecule has 4 fully saturated rings. The number of fused-ring (bicyclic) bond motifs is 5. The number of rotatable bonds is 2. The molecule has 0 aromatic heterocycles. The van der Waals surface area contributed by atoms with Crippen LogP contribution in [0.5, 0.6) is 0 Å². The van der Waals surface area contributed by atoms with Crippen LogP contribution in [0.3, 0.4) is 0 Å². The highest BCUT2D eigenvalue weighted by Crippen LogP contribution is 2.69. The highest BCUT2D eigenvalue weighted by atomic mass is 16.3.